The highest BCUT2D eigenvalue weighted by molar-refractivity contribution is 5.77. The molecule has 0 radical (unpaired) electrons. The zero-order chi connectivity index (χ0) is 13.2. The van der Waals surface area contributed by atoms with E-state index in [-0.39, 0.29) is 13.2 Å². The molecule has 2 N–H and O–H groups in total. The molecule has 2 aromatic rings. The van der Waals surface area contributed by atoms with Crippen molar-refractivity contribution in [3.05, 3.63) is 58.7 Å². The molecule has 0 amide bonds. The first-order valence-electron chi connectivity index (χ1n) is 6.77. The number of aliphatic hydroxyl groups is 2. The molecule has 2 aromatic carbocycles. The van der Waals surface area contributed by atoms with Crippen molar-refractivity contribution in [2.24, 2.45) is 0 Å². The minimum atomic E-state index is 0.191. The van der Waals surface area contributed by atoms with Crippen molar-refractivity contribution in [2.45, 2.75) is 19.3 Å². The summed E-state index contributed by atoms with van der Waals surface area (Å²) in [4.78, 5) is 0. The quantitative estimate of drug-likeness (QED) is 0.750. The zero-order valence-corrected chi connectivity index (χ0v) is 10.9. The Kier molecular flexibility index (Phi) is 3.36. The summed E-state index contributed by atoms with van der Waals surface area (Å²) in [7, 11) is 0. The third-order valence-corrected chi connectivity index (χ3v) is 3.82. The van der Waals surface area contributed by atoms with E-state index in [4.69, 9.17) is 10.2 Å². The molecular weight excluding hydrogens is 236 g/mol. The maximum absolute atomic E-state index is 9.05. The molecule has 1 aliphatic rings. The van der Waals surface area contributed by atoms with Gasteiger partial charge in [-0.1, -0.05) is 36.4 Å². The highest BCUT2D eigenvalue weighted by atomic mass is 16.3. The second-order valence-electron chi connectivity index (χ2n) is 5.11. The average molecular weight is 254 g/mol. The lowest BCUT2D eigenvalue weighted by Gasteiger charge is -2.06. The monoisotopic (exact) mass is 254 g/mol. The standard InChI is InChI=1S/C17H18O2/c18-7-5-12-1-3-14-11-15-4-2-13(6-8-19)10-17(15)16(14)9-12/h1-4,9-10,18-19H,5-8,11H2. The van der Waals surface area contributed by atoms with Crippen LogP contribution < -0.4 is 0 Å². The second kappa shape index (κ2) is 5.16. The van der Waals surface area contributed by atoms with Crippen molar-refractivity contribution < 1.29 is 10.2 Å². The molecule has 0 fully saturated rings. The van der Waals surface area contributed by atoms with Crippen LogP contribution in [0.25, 0.3) is 11.1 Å². The first-order valence-corrected chi connectivity index (χ1v) is 6.77. The van der Waals surface area contributed by atoms with E-state index in [9.17, 15) is 0 Å². The van der Waals surface area contributed by atoms with Gasteiger partial charge in [0, 0.05) is 13.2 Å². The Hall–Kier alpha value is -1.64. The van der Waals surface area contributed by atoms with Gasteiger partial charge >= 0.3 is 0 Å². The molecule has 0 unspecified atom stereocenters. The smallest absolute Gasteiger partial charge is 0.0471 e. The lowest BCUT2D eigenvalue weighted by atomic mass is 9.99. The molecule has 0 saturated carbocycles. The van der Waals surface area contributed by atoms with Crippen LogP contribution in [0.5, 0.6) is 0 Å². The van der Waals surface area contributed by atoms with Gasteiger partial charge in [-0.25, -0.2) is 0 Å². The first kappa shape index (κ1) is 12.4. The van der Waals surface area contributed by atoms with Gasteiger partial charge in [0.1, 0.15) is 0 Å². The molecule has 0 aromatic heterocycles. The first-order chi connectivity index (χ1) is 9.31. The fourth-order valence-corrected chi connectivity index (χ4v) is 2.83. The van der Waals surface area contributed by atoms with E-state index in [1.165, 1.54) is 33.4 Å². The maximum Gasteiger partial charge on any atom is 0.0471 e. The number of fused-ring (bicyclic) bond motifs is 3. The van der Waals surface area contributed by atoms with Crippen LogP contribution in [0.4, 0.5) is 0 Å². The number of hydrogen-bond donors (Lipinski definition) is 2. The van der Waals surface area contributed by atoms with Gasteiger partial charge in [0.25, 0.3) is 0 Å². The van der Waals surface area contributed by atoms with Crippen molar-refractivity contribution in [2.75, 3.05) is 13.2 Å². The summed E-state index contributed by atoms with van der Waals surface area (Å²) in [6.07, 6.45) is 2.40. The van der Waals surface area contributed by atoms with E-state index in [2.05, 4.69) is 36.4 Å². The second-order valence-corrected chi connectivity index (χ2v) is 5.11. The van der Waals surface area contributed by atoms with Gasteiger partial charge in [0.05, 0.1) is 0 Å². The number of hydrogen-bond acceptors (Lipinski definition) is 2. The Morgan fingerprint density at radius 2 is 1.21 bits per heavy atom. The molecule has 0 saturated heterocycles. The number of aliphatic hydroxyl groups excluding tert-OH is 2. The number of rotatable bonds is 4. The van der Waals surface area contributed by atoms with Gasteiger partial charge in [-0.05, 0) is 52.6 Å². The molecule has 0 atom stereocenters. The Bertz CT molecular complexity index is 549. The Balaban J connectivity index is 2.03. The molecule has 0 spiro atoms. The van der Waals surface area contributed by atoms with Crippen LogP contribution in [0.2, 0.25) is 0 Å². The summed E-state index contributed by atoms with van der Waals surface area (Å²) in [5.41, 5.74) is 7.67. The SMILES string of the molecule is OCCc1ccc2c(c1)-c1cc(CCO)ccc1C2. The predicted octanol–water partition coefficient (Wildman–Crippen LogP) is 2.33. The fraction of sp³-hybridized carbons (Fsp3) is 0.294. The molecule has 2 heteroatoms. The van der Waals surface area contributed by atoms with Gasteiger partial charge in [-0.15, -0.1) is 0 Å². The van der Waals surface area contributed by atoms with E-state index in [0.717, 1.165) is 6.42 Å². The van der Waals surface area contributed by atoms with Crippen LogP contribution in [0.15, 0.2) is 36.4 Å². The number of benzene rings is 2. The van der Waals surface area contributed by atoms with Crippen molar-refractivity contribution in [1.82, 2.24) is 0 Å². The molecule has 19 heavy (non-hydrogen) atoms. The van der Waals surface area contributed by atoms with Crippen molar-refractivity contribution in [1.29, 1.82) is 0 Å². The third kappa shape index (κ3) is 2.29. The minimum absolute atomic E-state index is 0.191. The van der Waals surface area contributed by atoms with Crippen LogP contribution in [-0.2, 0) is 19.3 Å². The van der Waals surface area contributed by atoms with Crippen molar-refractivity contribution in [3.63, 3.8) is 0 Å². The Morgan fingerprint density at radius 3 is 1.63 bits per heavy atom. The van der Waals surface area contributed by atoms with Crippen molar-refractivity contribution in [3.8, 4) is 11.1 Å². The molecule has 0 aliphatic heterocycles. The van der Waals surface area contributed by atoms with Gasteiger partial charge in [-0.3, -0.25) is 0 Å². The summed E-state index contributed by atoms with van der Waals surface area (Å²) in [6, 6.07) is 12.9. The predicted molar refractivity (Wildman–Crippen MR) is 76.3 cm³/mol. The highest BCUT2D eigenvalue weighted by Crippen LogP contribution is 2.37. The molecular formula is C17H18O2. The van der Waals surface area contributed by atoms with Gasteiger partial charge in [0.15, 0.2) is 0 Å². The zero-order valence-electron chi connectivity index (χ0n) is 10.9. The Labute approximate surface area is 113 Å². The third-order valence-electron chi connectivity index (χ3n) is 3.82. The average Bonchev–Trinajstić information content (AvgIpc) is 2.77. The van der Waals surface area contributed by atoms with E-state index in [0.29, 0.717) is 12.8 Å². The fourth-order valence-electron chi connectivity index (χ4n) is 2.83. The van der Waals surface area contributed by atoms with Crippen LogP contribution in [-0.4, -0.2) is 23.4 Å². The maximum atomic E-state index is 9.05. The van der Waals surface area contributed by atoms with E-state index in [1.54, 1.807) is 0 Å². The molecule has 98 valence electrons. The van der Waals surface area contributed by atoms with E-state index in [1.807, 2.05) is 0 Å². The van der Waals surface area contributed by atoms with Crippen LogP contribution in [0, 0.1) is 0 Å². The molecule has 1 aliphatic carbocycles. The largest absolute Gasteiger partial charge is 0.396 e. The van der Waals surface area contributed by atoms with Gasteiger partial charge in [-0.2, -0.15) is 0 Å². The topological polar surface area (TPSA) is 40.5 Å². The summed E-state index contributed by atoms with van der Waals surface area (Å²) >= 11 is 0. The van der Waals surface area contributed by atoms with Crippen LogP contribution in [0.3, 0.4) is 0 Å². The normalized spacial score (nSPS) is 12.3. The van der Waals surface area contributed by atoms with Crippen molar-refractivity contribution >= 4 is 0 Å². The lowest BCUT2D eigenvalue weighted by Crippen LogP contribution is -1.92. The summed E-state index contributed by atoms with van der Waals surface area (Å²) in [6.45, 7) is 0.381. The Morgan fingerprint density at radius 1 is 0.737 bits per heavy atom. The molecule has 0 heterocycles. The lowest BCUT2D eigenvalue weighted by molar-refractivity contribution is 0.299. The van der Waals surface area contributed by atoms with Gasteiger partial charge < -0.3 is 10.2 Å². The summed E-state index contributed by atoms with van der Waals surface area (Å²) in [5, 5.41) is 18.1. The van der Waals surface area contributed by atoms with Crippen LogP contribution in [0.1, 0.15) is 22.3 Å². The molecule has 0 bridgehead atoms. The minimum Gasteiger partial charge on any atom is -0.396 e. The van der Waals surface area contributed by atoms with Gasteiger partial charge in [0.2, 0.25) is 0 Å². The highest BCUT2D eigenvalue weighted by Gasteiger charge is 2.18. The summed E-state index contributed by atoms with van der Waals surface area (Å²) in [5.74, 6) is 0. The van der Waals surface area contributed by atoms with Crippen LogP contribution >= 0.6 is 0 Å². The summed E-state index contributed by atoms with van der Waals surface area (Å²) < 4.78 is 0. The molecule has 3 rings (SSSR count). The van der Waals surface area contributed by atoms with E-state index >= 15 is 0 Å². The molecule has 2 nitrogen and oxygen atoms in total. The van der Waals surface area contributed by atoms with E-state index < -0.39 is 0 Å².